The van der Waals surface area contributed by atoms with Crippen molar-refractivity contribution in [3.05, 3.63) is 18.2 Å². The summed E-state index contributed by atoms with van der Waals surface area (Å²) in [5, 5.41) is 11.5. The van der Waals surface area contributed by atoms with Gasteiger partial charge >= 0.3 is 6.03 Å². The summed E-state index contributed by atoms with van der Waals surface area (Å²) in [4.78, 5) is 21.2. The number of aromatic nitrogens is 2. The lowest BCUT2D eigenvalue weighted by atomic mass is 10.0. The maximum Gasteiger partial charge on any atom is 0.321 e. The predicted octanol–water partition coefficient (Wildman–Crippen LogP) is 0.241. The summed E-state index contributed by atoms with van der Waals surface area (Å²) in [6, 6.07) is -0.169. The summed E-state index contributed by atoms with van der Waals surface area (Å²) in [6.07, 6.45) is 3.15. The molecule has 2 N–H and O–H groups in total. The van der Waals surface area contributed by atoms with Gasteiger partial charge in [0.2, 0.25) is 0 Å². The highest BCUT2D eigenvalue weighted by Gasteiger charge is 2.29. The maximum absolute atomic E-state index is 11.6. The molecule has 0 bridgehead atoms. The number of carbonyl (C=O) groups is 1. The fourth-order valence-corrected chi connectivity index (χ4v) is 1.51. The number of nitrogens with zero attached hydrogens (tertiary/aromatic N) is 3. The van der Waals surface area contributed by atoms with E-state index in [-0.39, 0.29) is 18.6 Å². The van der Waals surface area contributed by atoms with Crippen LogP contribution in [0, 0.1) is 12.8 Å². The zero-order chi connectivity index (χ0) is 11.5. The average Bonchev–Trinajstić information content (AvgIpc) is 2.20. The minimum absolute atomic E-state index is 0.136. The molecule has 1 aliphatic heterocycles. The molecule has 0 radical (unpaired) electrons. The first-order valence-electron chi connectivity index (χ1n) is 5.14. The fraction of sp³-hybridized carbons (Fsp3) is 0.500. The standard InChI is InChI=1S/C10H14N4O2/c1-7-11-2-9(3-12-7)13-10(16)14-4-8(5-14)6-15/h2-3,8,15H,4-6H2,1H3,(H,13,16). The van der Waals surface area contributed by atoms with Crippen LogP contribution < -0.4 is 5.32 Å². The Hall–Kier alpha value is -1.69. The first-order chi connectivity index (χ1) is 7.69. The number of urea groups is 1. The average molecular weight is 222 g/mol. The van der Waals surface area contributed by atoms with Gasteiger partial charge in [-0.3, -0.25) is 0 Å². The quantitative estimate of drug-likeness (QED) is 0.751. The lowest BCUT2D eigenvalue weighted by molar-refractivity contribution is 0.0838. The molecule has 1 fully saturated rings. The number of aliphatic hydroxyl groups excluding tert-OH is 1. The molecule has 1 aromatic rings. The van der Waals surface area contributed by atoms with Gasteiger partial charge in [0.1, 0.15) is 5.82 Å². The second kappa shape index (κ2) is 4.44. The van der Waals surface area contributed by atoms with Crippen LogP contribution in [0.25, 0.3) is 0 Å². The van der Waals surface area contributed by atoms with Crippen molar-refractivity contribution in [2.24, 2.45) is 5.92 Å². The Labute approximate surface area is 93.3 Å². The van der Waals surface area contributed by atoms with E-state index in [2.05, 4.69) is 15.3 Å². The largest absolute Gasteiger partial charge is 0.396 e. The molecule has 1 saturated heterocycles. The molecule has 6 nitrogen and oxygen atoms in total. The Bertz CT molecular complexity index is 373. The highest BCUT2D eigenvalue weighted by molar-refractivity contribution is 5.89. The molecule has 0 unspecified atom stereocenters. The molecular weight excluding hydrogens is 208 g/mol. The number of hydrogen-bond acceptors (Lipinski definition) is 4. The number of likely N-dealkylation sites (tertiary alicyclic amines) is 1. The van der Waals surface area contributed by atoms with E-state index >= 15 is 0 Å². The van der Waals surface area contributed by atoms with Crippen LogP contribution >= 0.6 is 0 Å². The summed E-state index contributed by atoms with van der Waals surface area (Å²) in [6.45, 7) is 3.13. The van der Waals surface area contributed by atoms with Gasteiger partial charge in [0.05, 0.1) is 18.1 Å². The second-order valence-corrected chi connectivity index (χ2v) is 3.90. The van der Waals surface area contributed by atoms with Crippen molar-refractivity contribution in [1.82, 2.24) is 14.9 Å². The van der Waals surface area contributed by atoms with Crippen molar-refractivity contribution in [2.45, 2.75) is 6.92 Å². The van der Waals surface area contributed by atoms with Crippen LogP contribution in [-0.2, 0) is 0 Å². The maximum atomic E-state index is 11.6. The Morgan fingerprint density at radius 2 is 2.19 bits per heavy atom. The van der Waals surface area contributed by atoms with E-state index in [1.54, 1.807) is 24.2 Å². The Balaban J connectivity index is 1.86. The van der Waals surface area contributed by atoms with E-state index in [0.29, 0.717) is 24.6 Å². The zero-order valence-electron chi connectivity index (χ0n) is 9.05. The smallest absolute Gasteiger partial charge is 0.321 e. The first kappa shape index (κ1) is 10.8. The molecule has 1 aliphatic rings. The number of aliphatic hydroxyl groups is 1. The molecule has 2 amide bonds. The molecule has 0 aliphatic carbocycles. The summed E-state index contributed by atoms with van der Waals surface area (Å²) < 4.78 is 0. The Kier molecular flexibility index (Phi) is 3.00. The number of nitrogens with one attached hydrogen (secondary N) is 1. The highest BCUT2D eigenvalue weighted by atomic mass is 16.3. The van der Waals surface area contributed by atoms with Gasteiger partial charge in [-0.2, -0.15) is 0 Å². The summed E-state index contributed by atoms with van der Waals surface area (Å²) in [5.41, 5.74) is 0.586. The number of carbonyl (C=O) groups excluding carboxylic acids is 1. The van der Waals surface area contributed by atoms with Crippen LogP contribution in [0.5, 0.6) is 0 Å². The monoisotopic (exact) mass is 222 g/mol. The van der Waals surface area contributed by atoms with Crippen molar-refractivity contribution >= 4 is 11.7 Å². The van der Waals surface area contributed by atoms with Crippen LogP contribution in [0.15, 0.2) is 12.4 Å². The van der Waals surface area contributed by atoms with Crippen molar-refractivity contribution in [3.8, 4) is 0 Å². The summed E-state index contributed by atoms with van der Waals surface area (Å²) in [5.74, 6) is 0.891. The normalized spacial score (nSPS) is 15.8. The first-order valence-corrected chi connectivity index (χ1v) is 5.14. The van der Waals surface area contributed by atoms with Crippen molar-refractivity contribution in [3.63, 3.8) is 0 Å². The molecule has 2 rings (SSSR count). The van der Waals surface area contributed by atoms with Gasteiger partial charge in [0.25, 0.3) is 0 Å². The number of anilines is 1. The van der Waals surface area contributed by atoms with Crippen molar-refractivity contribution in [1.29, 1.82) is 0 Å². The summed E-state index contributed by atoms with van der Waals surface area (Å²) in [7, 11) is 0. The van der Waals surface area contributed by atoms with E-state index in [4.69, 9.17) is 5.11 Å². The van der Waals surface area contributed by atoms with Gasteiger partial charge in [0, 0.05) is 25.6 Å². The molecule has 16 heavy (non-hydrogen) atoms. The number of hydrogen-bond donors (Lipinski definition) is 2. The topological polar surface area (TPSA) is 78.4 Å². The van der Waals surface area contributed by atoms with Gasteiger partial charge in [-0.1, -0.05) is 0 Å². The third-order valence-electron chi connectivity index (χ3n) is 2.53. The third kappa shape index (κ3) is 2.27. The molecule has 1 aromatic heterocycles. The minimum Gasteiger partial charge on any atom is -0.396 e. The van der Waals surface area contributed by atoms with Gasteiger partial charge < -0.3 is 15.3 Å². The highest BCUT2D eigenvalue weighted by Crippen LogP contribution is 2.16. The molecule has 0 saturated carbocycles. The van der Waals surface area contributed by atoms with E-state index < -0.39 is 0 Å². The van der Waals surface area contributed by atoms with Crippen LogP contribution in [0.3, 0.4) is 0 Å². The van der Waals surface area contributed by atoms with Crippen LogP contribution in [0.1, 0.15) is 5.82 Å². The number of aryl methyl sites for hydroxylation is 1. The molecule has 2 heterocycles. The SMILES string of the molecule is Cc1ncc(NC(=O)N2CC(CO)C2)cn1. The number of amides is 2. The molecule has 0 atom stereocenters. The van der Waals surface area contributed by atoms with Crippen molar-refractivity contribution in [2.75, 3.05) is 25.0 Å². The molecule has 86 valence electrons. The van der Waals surface area contributed by atoms with Gasteiger partial charge in [0.15, 0.2) is 0 Å². The summed E-state index contributed by atoms with van der Waals surface area (Å²) >= 11 is 0. The van der Waals surface area contributed by atoms with Crippen LogP contribution in [0.2, 0.25) is 0 Å². The lowest BCUT2D eigenvalue weighted by Gasteiger charge is -2.37. The minimum atomic E-state index is -0.169. The second-order valence-electron chi connectivity index (χ2n) is 3.90. The van der Waals surface area contributed by atoms with E-state index in [1.807, 2.05) is 0 Å². The van der Waals surface area contributed by atoms with Gasteiger partial charge in [-0.05, 0) is 6.92 Å². The molecule has 0 aromatic carbocycles. The Morgan fingerprint density at radius 1 is 1.56 bits per heavy atom. The third-order valence-corrected chi connectivity index (χ3v) is 2.53. The predicted molar refractivity (Wildman–Crippen MR) is 57.9 cm³/mol. The molecule has 0 spiro atoms. The molecular formula is C10H14N4O2. The van der Waals surface area contributed by atoms with E-state index in [0.717, 1.165) is 0 Å². The van der Waals surface area contributed by atoms with Crippen LogP contribution in [0.4, 0.5) is 10.5 Å². The van der Waals surface area contributed by atoms with Gasteiger partial charge in [-0.15, -0.1) is 0 Å². The molecule has 6 heteroatoms. The Morgan fingerprint density at radius 3 is 2.75 bits per heavy atom. The van der Waals surface area contributed by atoms with Gasteiger partial charge in [-0.25, -0.2) is 14.8 Å². The van der Waals surface area contributed by atoms with Crippen LogP contribution in [-0.4, -0.2) is 45.7 Å². The lowest BCUT2D eigenvalue weighted by Crippen LogP contribution is -2.52. The number of rotatable bonds is 2. The van der Waals surface area contributed by atoms with Crippen molar-refractivity contribution < 1.29 is 9.90 Å². The van der Waals surface area contributed by atoms with E-state index in [9.17, 15) is 4.79 Å². The fourth-order valence-electron chi connectivity index (χ4n) is 1.51. The zero-order valence-corrected chi connectivity index (χ0v) is 9.05. The van der Waals surface area contributed by atoms with E-state index in [1.165, 1.54) is 0 Å².